The van der Waals surface area contributed by atoms with Crippen LogP contribution in [0.1, 0.15) is 23.6 Å². The second-order valence-electron chi connectivity index (χ2n) is 7.01. The maximum Gasteiger partial charge on any atom is 0.321 e. The number of carbonyl (C=O) groups is 1. The average molecular weight is 337 g/mol. The Balaban J connectivity index is 1.66. The van der Waals surface area contributed by atoms with Crippen molar-refractivity contribution in [3.63, 3.8) is 0 Å². The van der Waals surface area contributed by atoms with Gasteiger partial charge in [-0.2, -0.15) is 0 Å². The number of hydrogen-bond donors (Lipinski definition) is 1. The number of nitrogens with zero attached hydrogens (tertiary/aromatic N) is 2. The van der Waals surface area contributed by atoms with Crippen molar-refractivity contribution in [3.8, 4) is 0 Å². The molecule has 1 saturated heterocycles. The molecule has 1 atom stereocenters. The molecular weight excluding hydrogens is 310 g/mol. The fourth-order valence-electron chi connectivity index (χ4n) is 3.41. The summed E-state index contributed by atoms with van der Waals surface area (Å²) in [4.78, 5) is 17.0. The van der Waals surface area contributed by atoms with Crippen LogP contribution in [0.15, 0.2) is 42.5 Å². The molecule has 4 heteroatoms. The number of nitrogens with one attached hydrogen (secondary N) is 1. The Morgan fingerprint density at radius 1 is 1.08 bits per heavy atom. The highest BCUT2D eigenvalue weighted by molar-refractivity contribution is 5.90. The normalized spacial score (nSPS) is 17.5. The van der Waals surface area contributed by atoms with E-state index in [2.05, 4.69) is 61.3 Å². The predicted molar refractivity (Wildman–Crippen MR) is 104 cm³/mol. The number of anilines is 2. The minimum atomic E-state index is -0.00978. The lowest BCUT2D eigenvalue weighted by Crippen LogP contribution is -2.54. The summed E-state index contributed by atoms with van der Waals surface area (Å²) in [5.74, 6) is 0. The molecule has 1 aliphatic heterocycles. The van der Waals surface area contributed by atoms with Crippen LogP contribution in [0.3, 0.4) is 0 Å². The van der Waals surface area contributed by atoms with E-state index in [9.17, 15) is 4.79 Å². The Labute approximate surface area is 150 Å². The molecule has 1 unspecified atom stereocenters. The highest BCUT2D eigenvalue weighted by Crippen LogP contribution is 2.23. The summed E-state index contributed by atoms with van der Waals surface area (Å²) in [6.45, 7) is 10.7. The zero-order chi connectivity index (χ0) is 18.0. The lowest BCUT2D eigenvalue weighted by Gasteiger charge is -2.41. The highest BCUT2D eigenvalue weighted by atomic mass is 16.2. The summed E-state index contributed by atoms with van der Waals surface area (Å²) in [6, 6.07) is 14.9. The number of benzene rings is 2. The number of urea groups is 1. The standard InChI is InChI=1S/C21H27N3O/c1-15-7-5-9-19(13-15)24-12-11-23(14-17(24)3)21(25)22-20-10-6-8-16(2)18(20)4/h5-10,13,17H,11-12,14H2,1-4H3,(H,22,25). The third-order valence-corrected chi connectivity index (χ3v) is 5.09. The predicted octanol–water partition coefficient (Wildman–Crippen LogP) is 4.35. The molecule has 2 aromatic carbocycles. The lowest BCUT2D eigenvalue weighted by atomic mass is 10.1. The first kappa shape index (κ1) is 17.3. The first-order valence-electron chi connectivity index (χ1n) is 8.91. The Morgan fingerprint density at radius 3 is 2.56 bits per heavy atom. The van der Waals surface area contributed by atoms with Crippen LogP contribution in [0.25, 0.3) is 0 Å². The van der Waals surface area contributed by atoms with Crippen molar-refractivity contribution in [1.82, 2.24) is 4.90 Å². The van der Waals surface area contributed by atoms with Gasteiger partial charge in [0.25, 0.3) is 0 Å². The number of amides is 2. The van der Waals surface area contributed by atoms with E-state index in [4.69, 9.17) is 0 Å². The van der Waals surface area contributed by atoms with Gasteiger partial charge in [-0.05, 0) is 62.6 Å². The molecule has 0 aromatic heterocycles. The first-order valence-corrected chi connectivity index (χ1v) is 8.91. The smallest absolute Gasteiger partial charge is 0.321 e. The molecule has 1 aliphatic rings. The van der Waals surface area contributed by atoms with Crippen molar-refractivity contribution in [3.05, 3.63) is 59.2 Å². The molecule has 0 radical (unpaired) electrons. The van der Waals surface area contributed by atoms with E-state index in [1.54, 1.807) is 0 Å². The fraction of sp³-hybridized carbons (Fsp3) is 0.381. The molecular formula is C21H27N3O. The van der Waals surface area contributed by atoms with Gasteiger partial charge < -0.3 is 15.1 Å². The van der Waals surface area contributed by atoms with Crippen molar-refractivity contribution in [2.24, 2.45) is 0 Å². The SMILES string of the molecule is Cc1cccc(N2CCN(C(=O)Nc3cccc(C)c3C)CC2C)c1. The van der Waals surface area contributed by atoms with E-state index >= 15 is 0 Å². The third-order valence-electron chi connectivity index (χ3n) is 5.09. The summed E-state index contributed by atoms with van der Waals surface area (Å²) in [7, 11) is 0. The van der Waals surface area contributed by atoms with Crippen LogP contribution in [0.4, 0.5) is 16.2 Å². The van der Waals surface area contributed by atoms with Gasteiger partial charge in [0.2, 0.25) is 0 Å². The van der Waals surface area contributed by atoms with Gasteiger partial charge in [-0.15, -0.1) is 0 Å². The second-order valence-corrected chi connectivity index (χ2v) is 7.01. The van der Waals surface area contributed by atoms with Crippen LogP contribution in [0.5, 0.6) is 0 Å². The van der Waals surface area contributed by atoms with E-state index in [1.807, 2.05) is 24.0 Å². The molecule has 1 fully saturated rings. The molecule has 0 saturated carbocycles. The molecule has 1 N–H and O–H groups in total. The molecule has 4 nitrogen and oxygen atoms in total. The van der Waals surface area contributed by atoms with Crippen LogP contribution < -0.4 is 10.2 Å². The highest BCUT2D eigenvalue weighted by Gasteiger charge is 2.27. The quantitative estimate of drug-likeness (QED) is 0.884. The number of rotatable bonds is 2. The fourth-order valence-corrected chi connectivity index (χ4v) is 3.41. The first-order chi connectivity index (χ1) is 12.0. The Hall–Kier alpha value is -2.49. The number of hydrogen-bond acceptors (Lipinski definition) is 2. The van der Waals surface area contributed by atoms with Gasteiger partial charge in [0.1, 0.15) is 0 Å². The maximum absolute atomic E-state index is 12.7. The summed E-state index contributed by atoms with van der Waals surface area (Å²) in [5.41, 5.74) is 5.72. The minimum Gasteiger partial charge on any atom is -0.365 e. The third kappa shape index (κ3) is 3.78. The van der Waals surface area contributed by atoms with Gasteiger partial charge in [0, 0.05) is 37.1 Å². The van der Waals surface area contributed by atoms with E-state index in [0.29, 0.717) is 6.04 Å². The Bertz CT molecular complexity index is 771. The molecule has 132 valence electrons. The minimum absolute atomic E-state index is 0.00978. The largest absolute Gasteiger partial charge is 0.365 e. The van der Waals surface area contributed by atoms with Crippen LogP contribution in [-0.4, -0.2) is 36.6 Å². The Morgan fingerprint density at radius 2 is 1.84 bits per heavy atom. The number of carbonyl (C=O) groups excluding carboxylic acids is 1. The van der Waals surface area contributed by atoms with E-state index in [1.165, 1.54) is 16.8 Å². The molecule has 0 bridgehead atoms. The van der Waals surface area contributed by atoms with Crippen molar-refractivity contribution >= 4 is 17.4 Å². The van der Waals surface area contributed by atoms with E-state index in [0.717, 1.165) is 30.9 Å². The zero-order valence-electron chi connectivity index (χ0n) is 15.5. The van der Waals surface area contributed by atoms with E-state index in [-0.39, 0.29) is 6.03 Å². The van der Waals surface area contributed by atoms with Gasteiger partial charge in [-0.1, -0.05) is 24.3 Å². The molecule has 1 heterocycles. The summed E-state index contributed by atoms with van der Waals surface area (Å²) >= 11 is 0. The van der Waals surface area contributed by atoms with Crippen molar-refractivity contribution in [1.29, 1.82) is 0 Å². The van der Waals surface area contributed by atoms with Gasteiger partial charge in [0.05, 0.1) is 0 Å². The van der Waals surface area contributed by atoms with Crippen molar-refractivity contribution in [2.45, 2.75) is 33.7 Å². The van der Waals surface area contributed by atoms with Crippen LogP contribution in [0.2, 0.25) is 0 Å². The number of aryl methyl sites for hydroxylation is 2. The maximum atomic E-state index is 12.7. The second kappa shape index (κ2) is 7.18. The molecule has 2 amide bonds. The molecule has 25 heavy (non-hydrogen) atoms. The van der Waals surface area contributed by atoms with Crippen LogP contribution in [-0.2, 0) is 0 Å². The van der Waals surface area contributed by atoms with Gasteiger partial charge in [0.15, 0.2) is 0 Å². The molecule has 0 spiro atoms. The van der Waals surface area contributed by atoms with Gasteiger partial charge >= 0.3 is 6.03 Å². The summed E-state index contributed by atoms with van der Waals surface area (Å²) in [5, 5.41) is 3.07. The van der Waals surface area contributed by atoms with Crippen molar-refractivity contribution < 1.29 is 4.79 Å². The molecule has 2 aromatic rings. The topological polar surface area (TPSA) is 35.6 Å². The number of piperazine rings is 1. The lowest BCUT2D eigenvalue weighted by molar-refractivity contribution is 0.200. The molecule has 0 aliphatic carbocycles. The van der Waals surface area contributed by atoms with Crippen molar-refractivity contribution in [2.75, 3.05) is 29.9 Å². The van der Waals surface area contributed by atoms with Crippen LogP contribution in [0, 0.1) is 20.8 Å². The zero-order valence-corrected chi connectivity index (χ0v) is 15.5. The van der Waals surface area contributed by atoms with Crippen LogP contribution >= 0.6 is 0 Å². The monoisotopic (exact) mass is 337 g/mol. The average Bonchev–Trinajstić information content (AvgIpc) is 2.58. The Kier molecular flexibility index (Phi) is 4.98. The van der Waals surface area contributed by atoms with Gasteiger partial charge in [-0.25, -0.2) is 4.79 Å². The van der Waals surface area contributed by atoms with Gasteiger partial charge in [-0.3, -0.25) is 0 Å². The molecule has 3 rings (SSSR count). The summed E-state index contributed by atoms with van der Waals surface area (Å²) < 4.78 is 0. The summed E-state index contributed by atoms with van der Waals surface area (Å²) in [6.07, 6.45) is 0. The van der Waals surface area contributed by atoms with E-state index < -0.39 is 0 Å².